The van der Waals surface area contributed by atoms with Crippen molar-refractivity contribution < 1.29 is 4.42 Å². The lowest BCUT2D eigenvalue weighted by molar-refractivity contribution is 0.466. The molecule has 0 aliphatic carbocycles. The van der Waals surface area contributed by atoms with Crippen LogP contribution in [0.25, 0.3) is 0 Å². The van der Waals surface area contributed by atoms with Crippen LogP contribution in [0.4, 0.5) is 11.7 Å². The lowest BCUT2D eigenvalue weighted by atomic mass is 10.00. The standard InChI is InChI=1S/C16H22N4O/c1-3-8-17-11-15-18-19-16(21-15)20-9-4-5-13-10-12(2)6-7-14(13)20/h6-7,10,17H,3-5,8-9,11H2,1-2H3. The number of nitrogens with zero attached hydrogens (tertiary/aromatic N) is 3. The van der Waals surface area contributed by atoms with Gasteiger partial charge in [-0.25, -0.2) is 0 Å². The van der Waals surface area contributed by atoms with E-state index >= 15 is 0 Å². The minimum Gasteiger partial charge on any atom is -0.406 e. The van der Waals surface area contributed by atoms with Crippen molar-refractivity contribution in [2.45, 2.75) is 39.7 Å². The highest BCUT2D eigenvalue weighted by Crippen LogP contribution is 2.33. The summed E-state index contributed by atoms with van der Waals surface area (Å²) in [5.41, 5.74) is 3.86. The Kier molecular flexibility index (Phi) is 4.20. The van der Waals surface area contributed by atoms with Gasteiger partial charge in [-0.05, 0) is 44.4 Å². The van der Waals surface area contributed by atoms with Crippen LogP contribution in [0, 0.1) is 6.92 Å². The predicted octanol–water partition coefficient (Wildman–Crippen LogP) is 2.96. The van der Waals surface area contributed by atoms with Crippen molar-refractivity contribution in [1.29, 1.82) is 0 Å². The Labute approximate surface area is 125 Å². The third kappa shape index (κ3) is 3.08. The van der Waals surface area contributed by atoms with Gasteiger partial charge in [0, 0.05) is 12.2 Å². The van der Waals surface area contributed by atoms with Crippen molar-refractivity contribution in [2.24, 2.45) is 0 Å². The Morgan fingerprint density at radius 3 is 3.10 bits per heavy atom. The predicted molar refractivity (Wildman–Crippen MR) is 82.8 cm³/mol. The molecule has 3 rings (SSSR count). The van der Waals surface area contributed by atoms with Crippen molar-refractivity contribution >= 4 is 11.7 Å². The maximum Gasteiger partial charge on any atom is 0.322 e. The number of hydrogen-bond acceptors (Lipinski definition) is 5. The molecule has 5 heteroatoms. The zero-order valence-electron chi connectivity index (χ0n) is 12.7. The molecule has 1 N–H and O–H groups in total. The summed E-state index contributed by atoms with van der Waals surface area (Å²) in [6.07, 6.45) is 3.33. The molecular formula is C16H22N4O. The first-order valence-corrected chi connectivity index (χ1v) is 7.68. The summed E-state index contributed by atoms with van der Waals surface area (Å²) in [6, 6.07) is 7.15. The van der Waals surface area contributed by atoms with Gasteiger partial charge in [-0.3, -0.25) is 4.90 Å². The second-order valence-electron chi connectivity index (χ2n) is 5.54. The molecule has 1 aliphatic heterocycles. The highest BCUT2D eigenvalue weighted by atomic mass is 16.4. The average molecular weight is 286 g/mol. The number of aryl methyl sites for hydroxylation is 2. The van der Waals surface area contributed by atoms with Gasteiger partial charge in [-0.1, -0.05) is 29.7 Å². The van der Waals surface area contributed by atoms with E-state index in [4.69, 9.17) is 4.42 Å². The fourth-order valence-electron chi connectivity index (χ4n) is 2.72. The summed E-state index contributed by atoms with van der Waals surface area (Å²) in [5.74, 6) is 0.651. The quantitative estimate of drug-likeness (QED) is 0.856. The first-order chi connectivity index (χ1) is 10.3. The number of anilines is 2. The van der Waals surface area contributed by atoms with E-state index in [-0.39, 0.29) is 0 Å². The maximum absolute atomic E-state index is 5.80. The molecule has 0 fully saturated rings. The molecule has 0 radical (unpaired) electrons. The Hall–Kier alpha value is -1.88. The number of rotatable bonds is 5. The SMILES string of the molecule is CCCNCc1nnc(N2CCCc3cc(C)ccc32)o1. The zero-order chi connectivity index (χ0) is 14.7. The Bertz CT molecular complexity index is 608. The van der Waals surface area contributed by atoms with E-state index in [9.17, 15) is 0 Å². The lowest BCUT2D eigenvalue weighted by Crippen LogP contribution is -2.24. The molecule has 1 aromatic heterocycles. The molecule has 0 atom stereocenters. The van der Waals surface area contributed by atoms with Gasteiger partial charge in [-0.2, -0.15) is 0 Å². The average Bonchev–Trinajstić information content (AvgIpc) is 2.95. The van der Waals surface area contributed by atoms with Gasteiger partial charge in [0.25, 0.3) is 0 Å². The number of hydrogen-bond donors (Lipinski definition) is 1. The zero-order valence-corrected chi connectivity index (χ0v) is 12.7. The van der Waals surface area contributed by atoms with Crippen molar-refractivity contribution in [2.75, 3.05) is 18.0 Å². The molecule has 0 saturated heterocycles. The molecule has 1 aromatic carbocycles. The minimum absolute atomic E-state index is 0.605. The molecule has 21 heavy (non-hydrogen) atoms. The fourth-order valence-corrected chi connectivity index (χ4v) is 2.72. The fraction of sp³-hybridized carbons (Fsp3) is 0.500. The summed E-state index contributed by atoms with van der Waals surface area (Å²) >= 11 is 0. The van der Waals surface area contributed by atoms with Gasteiger partial charge in [0.05, 0.1) is 6.54 Å². The lowest BCUT2D eigenvalue weighted by Gasteiger charge is -2.27. The Balaban J connectivity index is 1.79. The number of aromatic nitrogens is 2. The van der Waals surface area contributed by atoms with E-state index in [2.05, 4.69) is 52.5 Å². The number of benzene rings is 1. The van der Waals surface area contributed by atoms with Crippen LogP contribution in [0.2, 0.25) is 0 Å². The third-order valence-corrected chi connectivity index (χ3v) is 3.74. The van der Waals surface area contributed by atoms with Gasteiger partial charge in [0.2, 0.25) is 5.89 Å². The molecule has 0 amide bonds. The van der Waals surface area contributed by atoms with Crippen LogP contribution in [0.1, 0.15) is 36.8 Å². The smallest absolute Gasteiger partial charge is 0.322 e. The summed E-state index contributed by atoms with van der Waals surface area (Å²) in [7, 11) is 0. The Morgan fingerprint density at radius 1 is 1.33 bits per heavy atom. The summed E-state index contributed by atoms with van der Waals surface area (Å²) in [5, 5.41) is 11.6. The second-order valence-corrected chi connectivity index (χ2v) is 5.54. The normalized spacial score (nSPS) is 14.3. The van der Waals surface area contributed by atoms with E-state index in [0.717, 1.165) is 32.4 Å². The molecule has 0 unspecified atom stereocenters. The first kappa shape index (κ1) is 14.1. The minimum atomic E-state index is 0.605. The van der Waals surface area contributed by atoms with Gasteiger partial charge in [0.1, 0.15) is 0 Å². The van der Waals surface area contributed by atoms with E-state index in [1.165, 1.54) is 16.8 Å². The van der Waals surface area contributed by atoms with E-state index in [0.29, 0.717) is 18.5 Å². The van der Waals surface area contributed by atoms with Crippen LogP contribution in [0.15, 0.2) is 22.6 Å². The largest absolute Gasteiger partial charge is 0.406 e. The molecule has 2 aromatic rings. The molecular weight excluding hydrogens is 264 g/mol. The molecule has 0 spiro atoms. The second kappa shape index (κ2) is 6.26. The van der Waals surface area contributed by atoms with Crippen LogP contribution >= 0.6 is 0 Å². The maximum atomic E-state index is 5.80. The van der Waals surface area contributed by atoms with E-state index in [1.807, 2.05) is 0 Å². The summed E-state index contributed by atoms with van der Waals surface area (Å²) < 4.78 is 5.80. The van der Waals surface area contributed by atoms with Crippen LogP contribution in [-0.4, -0.2) is 23.3 Å². The summed E-state index contributed by atoms with van der Waals surface area (Å²) in [4.78, 5) is 2.13. The van der Waals surface area contributed by atoms with Crippen molar-refractivity contribution in [1.82, 2.24) is 15.5 Å². The topological polar surface area (TPSA) is 54.2 Å². The third-order valence-electron chi connectivity index (χ3n) is 3.74. The first-order valence-electron chi connectivity index (χ1n) is 7.68. The van der Waals surface area contributed by atoms with Crippen molar-refractivity contribution in [3.63, 3.8) is 0 Å². The van der Waals surface area contributed by atoms with Gasteiger partial charge < -0.3 is 9.73 Å². The van der Waals surface area contributed by atoms with Crippen molar-refractivity contribution in [3.05, 3.63) is 35.2 Å². The highest BCUT2D eigenvalue weighted by molar-refractivity contribution is 5.63. The highest BCUT2D eigenvalue weighted by Gasteiger charge is 2.22. The molecule has 0 saturated carbocycles. The number of nitrogens with one attached hydrogen (secondary N) is 1. The Morgan fingerprint density at radius 2 is 2.24 bits per heavy atom. The molecule has 5 nitrogen and oxygen atoms in total. The number of fused-ring (bicyclic) bond motifs is 1. The van der Waals surface area contributed by atoms with Gasteiger partial charge >= 0.3 is 6.01 Å². The summed E-state index contributed by atoms with van der Waals surface area (Å²) in [6.45, 7) is 6.79. The molecule has 1 aliphatic rings. The van der Waals surface area contributed by atoms with Gasteiger partial charge in [-0.15, -0.1) is 5.10 Å². The van der Waals surface area contributed by atoms with Crippen LogP contribution in [0.3, 0.4) is 0 Å². The van der Waals surface area contributed by atoms with Crippen LogP contribution in [0.5, 0.6) is 0 Å². The van der Waals surface area contributed by atoms with E-state index in [1.54, 1.807) is 0 Å². The van der Waals surface area contributed by atoms with Crippen molar-refractivity contribution in [3.8, 4) is 0 Å². The van der Waals surface area contributed by atoms with E-state index < -0.39 is 0 Å². The molecule has 112 valence electrons. The van der Waals surface area contributed by atoms with Crippen LogP contribution < -0.4 is 10.2 Å². The van der Waals surface area contributed by atoms with Gasteiger partial charge in [0.15, 0.2) is 0 Å². The molecule has 0 bridgehead atoms. The molecule has 2 heterocycles. The monoisotopic (exact) mass is 286 g/mol. The van der Waals surface area contributed by atoms with Crippen LogP contribution in [-0.2, 0) is 13.0 Å².